The largest absolute Gasteiger partial charge is 0.485 e. The van der Waals surface area contributed by atoms with E-state index >= 15 is 0 Å². The Labute approximate surface area is 125 Å². The predicted molar refractivity (Wildman–Crippen MR) is 82.4 cm³/mol. The topological polar surface area (TPSA) is 72.5 Å². The highest BCUT2D eigenvalue weighted by molar-refractivity contribution is 5.93. The first kappa shape index (κ1) is 15.6. The van der Waals surface area contributed by atoms with Gasteiger partial charge in [-0.1, -0.05) is 11.6 Å². The van der Waals surface area contributed by atoms with E-state index in [0.717, 1.165) is 24.2 Å². The van der Waals surface area contributed by atoms with Crippen molar-refractivity contribution in [3.8, 4) is 5.75 Å². The standard InChI is InChI=1S/C17H23NO3/c1-11(2)5-4-8-17(3)15(19)10-13-9-12(16(18)20)6-7-14(13)21-17/h5-7,9,15,19H,4,8,10H2,1-3H3,(H2,18,20). The van der Waals surface area contributed by atoms with Crippen LogP contribution in [0.2, 0.25) is 0 Å². The van der Waals surface area contributed by atoms with Crippen molar-refractivity contribution < 1.29 is 14.6 Å². The van der Waals surface area contributed by atoms with Gasteiger partial charge >= 0.3 is 0 Å². The van der Waals surface area contributed by atoms with Crippen molar-refractivity contribution in [2.75, 3.05) is 0 Å². The second kappa shape index (κ2) is 5.90. The van der Waals surface area contributed by atoms with E-state index in [2.05, 4.69) is 19.9 Å². The number of hydrogen-bond acceptors (Lipinski definition) is 3. The summed E-state index contributed by atoms with van der Waals surface area (Å²) in [6, 6.07) is 5.13. The molecular formula is C17H23NO3. The molecule has 114 valence electrons. The lowest BCUT2D eigenvalue weighted by Crippen LogP contribution is -2.48. The molecule has 1 amide bonds. The number of carbonyl (C=O) groups excluding carboxylic acids is 1. The summed E-state index contributed by atoms with van der Waals surface area (Å²) in [6.07, 6.45) is 3.63. The number of aliphatic hydroxyl groups excluding tert-OH is 1. The molecule has 21 heavy (non-hydrogen) atoms. The summed E-state index contributed by atoms with van der Waals surface area (Å²) in [6.45, 7) is 6.05. The van der Waals surface area contributed by atoms with Crippen LogP contribution in [0.15, 0.2) is 29.8 Å². The smallest absolute Gasteiger partial charge is 0.248 e. The van der Waals surface area contributed by atoms with Gasteiger partial charge in [-0.15, -0.1) is 0 Å². The molecule has 0 saturated heterocycles. The van der Waals surface area contributed by atoms with Crippen LogP contribution in [-0.4, -0.2) is 22.7 Å². The average Bonchev–Trinajstić information content (AvgIpc) is 2.39. The molecule has 2 unspecified atom stereocenters. The van der Waals surface area contributed by atoms with E-state index in [4.69, 9.17) is 10.5 Å². The highest BCUT2D eigenvalue weighted by atomic mass is 16.5. The van der Waals surface area contributed by atoms with Crippen LogP contribution in [-0.2, 0) is 6.42 Å². The first-order valence-corrected chi connectivity index (χ1v) is 7.25. The van der Waals surface area contributed by atoms with Crippen LogP contribution in [0.4, 0.5) is 0 Å². The van der Waals surface area contributed by atoms with Gasteiger partial charge < -0.3 is 15.6 Å². The monoisotopic (exact) mass is 289 g/mol. The van der Waals surface area contributed by atoms with E-state index in [1.54, 1.807) is 18.2 Å². The van der Waals surface area contributed by atoms with Crippen LogP contribution in [0.3, 0.4) is 0 Å². The third kappa shape index (κ3) is 3.45. The summed E-state index contributed by atoms with van der Waals surface area (Å²) in [4.78, 5) is 11.2. The van der Waals surface area contributed by atoms with Gasteiger partial charge in [0, 0.05) is 12.0 Å². The lowest BCUT2D eigenvalue weighted by Gasteiger charge is -2.40. The molecule has 4 nitrogen and oxygen atoms in total. The SMILES string of the molecule is CC(C)=CCCC1(C)Oc2ccc(C(N)=O)cc2CC1O. The molecule has 1 aromatic rings. The maximum absolute atomic E-state index is 11.2. The maximum atomic E-state index is 11.2. The molecule has 0 aromatic heterocycles. The second-order valence-corrected chi connectivity index (χ2v) is 6.14. The van der Waals surface area contributed by atoms with E-state index in [1.165, 1.54) is 5.57 Å². The van der Waals surface area contributed by atoms with Crippen molar-refractivity contribution in [1.82, 2.24) is 0 Å². The Morgan fingerprint density at radius 1 is 1.52 bits per heavy atom. The van der Waals surface area contributed by atoms with Gasteiger partial charge in [-0.05, 0) is 57.4 Å². The first-order valence-electron chi connectivity index (χ1n) is 7.25. The first-order chi connectivity index (χ1) is 9.82. The minimum Gasteiger partial charge on any atom is -0.485 e. The third-order valence-corrected chi connectivity index (χ3v) is 4.00. The van der Waals surface area contributed by atoms with E-state index < -0.39 is 17.6 Å². The Hall–Kier alpha value is -1.81. The number of aliphatic hydroxyl groups is 1. The zero-order valence-corrected chi connectivity index (χ0v) is 12.8. The molecular weight excluding hydrogens is 266 g/mol. The second-order valence-electron chi connectivity index (χ2n) is 6.14. The molecule has 1 aromatic carbocycles. The van der Waals surface area contributed by atoms with Crippen LogP contribution in [0.1, 0.15) is 49.5 Å². The summed E-state index contributed by atoms with van der Waals surface area (Å²) in [5, 5.41) is 10.4. The summed E-state index contributed by atoms with van der Waals surface area (Å²) in [7, 11) is 0. The average molecular weight is 289 g/mol. The molecule has 3 N–H and O–H groups in total. The highest BCUT2D eigenvalue weighted by Gasteiger charge is 2.39. The zero-order chi connectivity index (χ0) is 15.6. The number of ether oxygens (including phenoxy) is 1. The fourth-order valence-electron chi connectivity index (χ4n) is 2.60. The van der Waals surface area contributed by atoms with Crippen molar-refractivity contribution in [3.05, 3.63) is 41.0 Å². The number of rotatable bonds is 4. The van der Waals surface area contributed by atoms with Gasteiger partial charge in [0.05, 0.1) is 6.10 Å². The lowest BCUT2D eigenvalue weighted by atomic mass is 9.85. The summed E-state index contributed by atoms with van der Waals surface area (Å²) < 4.78 is 6.02. The summed E-state index contributed by atoms with van der Waals surface area (Å²) in [5.41, 5.74) is 7.21. The number of allylic oxidation sites excluding steroid dienone is 2. The third-order valence-electron chi connectivity index (χ3n) is 4.00. The predicted octanol–water partition coefficient (Wildman–Crippen LogP) is 2.59. The van der Waals surface area contributed by atoms with E-state index in [1.807, 2.05) is 6.92 Å². The number of benzene rings is 1. The fourth-order valence-corrected chi connectivity index (χ4v) is 2.60. The lowest BCUT2D eigenvalue weighted by molar-refractivity contribution is -0.0587. The summed E-state index contributed by atoms with van der Waals surface area (Å²) >= 11 is 0. The Kier molecular flexibility index (Phi) is 4.37. The van der Waals surface area contributed by atoms with Gasteiger partial charge in [0.25, 0.3) is 0 Å². The zero-order valence-electron chi connectivity index (χ0n) is 12.8. The van der Waals surface area contributed by atoms with Crippen molar-refractivity contribution in [1.29, 1.82) is 0 Å². The van der Waals surface area contributed by atoms with Crippen LogP contribution in [0.5, 0.6) is 5.75 Å². The van der Waals surface area contributed by atoms with Gasteiger partial charge in [0.2, 0.25) is 5.91 Å². The van der Waals surface area contributed by atoms with E-state index in [0.29, 0.717) is 12.0 Å². The molecule has 0 saturated carbocycles. The number of carbonyl (C=O) groups is 1. The molecule has 2 atom stereocenters. The van der Waals surface area contributed by atoms with Gasteiger partial charge in [-0.3, -0.25) is 4.79 Å². The van der Waals surface area contributed by atoms with Crippen LogP contribution in [0, 0.1) is 0 Å². The van der Waals surface area contributed by atoms with Gasteiger partial charge in [-0.2, -0.15) is 0 Å². The molecule has 0 aliphatic carbocycles. The quantitative estimate of drug-likeness (QED) is 0.837. The molecule has 1 aliphatic rings. The molecule has 0 radical (unpaired) electrons. The highest BCUT2D eigenvalue weighted by Crippen LogP contribution is 2.36. The fraction of sp³-hybridized carbons (Fsp3) is 0.471. The van der Waals surface area contributed by atoms with E-state index in [9.17, 15) is 9.90 Å². The summed E-state index contributed by atoms with van der Waals surface area (Å²) in [5.74, 6) is 0.259. The molecule has 4 heteroatoms. The number of fused-ring (bicyclic) bond motifs is 1. The Morgan fingerprint density at radius 3 is 2.86 bits per heavy atom. The molecule has 1 heterocycles. The van der Waals surface area contributed by atoms with Crippen LogP contribution >= 0.6 is 0 Å². The molecule has 1 aliphatic heterocycles. The Balaban J connectivity index is 2.19. The number of primary amides is 1. The van der Waals surface area contributed by atoms with Gasteiger partial charge in [0.1, 0.15) is 11.4 Å². The molecule has 0 bridgehead atoms. The van der Waals surface area contributed by atoms with Crippen molar-refractivity contribution in [3.63, 3.8) is 0 Å². The van der Waals surface area contributed by atoms with Crippen LogP contribution in [0.25, 0.3) is 0 Å². The van der Waals surface area contributed by atoms with Crippen molar-refractivity contribution in [2.24, 2.45) is 5.73 Å². The van der Waals surface area contributed by atoms with Gasteiger partial charge in [0.15, 0.2) is 0 Å². The number of hydrogen-bond donors (Lipinski definition) is 2. The van der Waals surface area contributed by atoms with E-state index in [-0.39, 0.29) is 0 Å². The van der Waals surface area contributed by atoms with Gasteiger partial charge in [-0.25, -0.2) is 0 Å². The molecule has 0 fully saturated rings. The van der Waals surface area contributed by atoms with Crippen LogP contribution < -0.4 is 10.5 Å². The molecule has 0 spiro atoms. The Morgan fingerprint density at radius 2 is 2.24 bits per heavy atom. The number of nitrogens with two attached hydrogens (primary N) is 1. The normalized spacial score (nSPS) is 23.9. The maximum Gasteiger partial charge on any atom is 0.248 e. The minimum absolute atomic E-state index is 0.442. The van der Waals surface area contributed by atoms with Crippen molar-refractivity contribution in [2.45, 2.75) is 51.7 Å². The molecule has 2 rings (SSSR count). The minimum atomic E-state index is -0.604. The number of amides is 1. The van der Waals surface area contributed by atoms with Crippen molar-refractivity contribution >= 4 is 5.91 Å². The Bertz CT molecular complexity index is 575.